The molecule has 0 radical (unpaired) electrons. The van der Waals surface area contributed by atoms with Gasteiger partial charge in [-0.1, -0.05) is 24.3 Å². The molecule has 2 fully saturated rings. The van der Waals surface area contributed by atoms with Gasteiger partial charge in [-0.2, -0.15) is 13.2 Å². The van der Waals surface area contributed by atoms with Gasteiger partial charge in [0.2, 0.25) is 5.91 Å². The van der Waals surface area contributed by atoms with Crippen molar-refractivity contribution >= 4 is 18.0 Å². The number of carbonyl (C=O) groups excluding carboxylic acids is 2. The molecule has 2 aromatic rings. The van der Waals surface area contributed by atoms with Gasteiger partial charge in [-0.05, 0) is 67.6 Å². The number of halogens is 3. The largest absolute Gasteiger partial charge is 0.483 e. The number of esters is 1. The Balaban J connectivity index is 1.37. The first-order valence-electron chi connectivity index (χ1n) is 14.1. The third-order valence-corrected chi connectivity index (χ3v) is 9.62. The maximum atomic E-state index is 13.4. The Morgan fingerprint density at radius 2 is 2.05 bits per heavy atom. The van der Waals surface area contributed by atoms with Crippen molar-refractivity contribution in [1.29, 1.82) is 0 Å². The number of carbonyl (C=O) groups is 2. The first-order valence-corrected chi connectivity index (χ1v) is 14.1. The van der Waals surface area contributed by atoms with Crippen LogP contribution in [0.15, 0.2) is 55.1 Å². The molecule has 0 aromatic heterocycles. The van der Waals surface area contributed by atoms with E-state index in [0.717, 1.165) is 23.3 Å². The fraction of sp³-hybridized carbons (Fsp3) is 0.438. The van der Waals surface area contributed by atoms with Crippen LogP contribution in [0.25, 0.3) is 6.08 Å². The van der Waals surface area contributed by atoms with Gasteiger partial charge in [0.05, 0.1) is 22.6 Å². The topological polar surface area (TPSA) is 79.3 Å². The van der Waals surface area contributed by atoms with Gasteiger partial charge in [-0.25, -0.2) is 0 Å². The maximum Gasteiger partial charge on any atom is 0.416 e. The van der Waals surface area contributed by atoms with Crippen molar-refractivity contribution in [3.63, 3.8) is 0 Å². The molecule has 2 heterocycles. The smallest absolute Gasteiger partial charge is 0.416 e. The van der Waals surface area contributed by atoms with Gasteiger partial charge in [-0.15, -0.1) is 6.58 Å². The van der Waals surface area contributed by atoms with E-state index in [2.05, 4.69) is 11.5 Å². The number of amides is 1. The zero-order valence-corrected chi connectivity index (χ0v) is 23.5. The summed E-state index contributed by atoms with van der Waals surface area (Å²) in [5, 5.41) is 12.6. The number of alkyl halides is 3. The summed E-state index contributed by atoms with van der Waals surface area (Å²) >= 11 is 0. The molecular weight excluding hydrogens is 549 g/mol. The predicted molar refractivity (Wildman–Crippen MR) is 149 cm³/mol. The van der Waals surface area contributed by atoms with Crippen LogP contribution < -0.4 is 9.47 Å². The molecule has 222 valence electrons. The Morgan fingerprint density at radius 1 is 1.26 bits per heavy atom. The summed E-state index contributed by atoms with van der Waals surface area (Å²) in [7, 11) is 1.65. The average molecular weight is 583 g/mol. The number of hydrogen-bond donors (Lipinski definition) is 1. The minimum absolute atomic E-state index is 0.184. The Hall–Kier alpha value is -3.63. The summed E-state index contributed by atoms with van der Waals surface area (Å²) in [6.45, 7) is 6.54. The lowest BCUT2D eigenvalue weighted by Gasteiger charge is -2.64. The molecule has 4 aliphatic rings. The van der Waals surface area contributed by atoms with Crippen molar-refractivity contribution < 1.29 is 37.3 Å². The number of rotatable bonds is 6. The lowest BCUT2D eigenvalue weighted by atomic mass is 9.48. The van der Waals surface area contributed by atoms with Crippen LogP contribution in [-0.2, 0) is 27.6 Å². The lowest BCUT2D eigenvalue weighted by Crippen LogP contribution is -2.78. The molecule has 1 saturated carbocycles. The van der Waals surface area contributed by atoms with Crippen LogP contribution in [0.3, 0.4) is 0 Å². The van der Waals surface area contributed by atoms with E-state index in [9.17, 15) is 27.9 Å². The number of likely N-dealkylation sites (tertiary alicyclic amines) is 1. The van der Waals surface area contributed by atoms with E-state index in [-0.39, 0.29) is 17.4 Å². The standard InChI is InChI=1S/C32H33F3N2O5/c1-4-15-37-16-14-30-27-21-9-10-24(41-19(2)38)28(27)42-29(30)23(12-13-31(30,40)25(37)18-21)36(3)26(39)11-8-20-6-5-7-22(17-20)32(33,34)35/h4-11,17,23,25,29,40H,1,12-16,18H2,2-3H3/b11-8+/t23?,25-,29?,30+,31-/m1/s1. The predicted octanol–water partition coefficient (Wildman–Crippen LogP) is 4.51. The summed E-state index contributed by atoms with van der Waals surface area (Å²) < 4.78 is 51.7. The average Bonchev–Trinajstić information content (AvgIpc) is 3.29. The number of aliphatic hydroxyl groups is 1. The second kappa shape index (κ2) is 9.98. The highest BCUT2D eigenvalue weighted by atomic mass is 19.4. The molecule has 2 bridgehead atoms. The van der Waals surface area contributed by atoms with Gasteiger partial charge in [0.15, 0.2) is 11.5 Å². The van der Waals surface area contributed by atoms with E-state index in [0.29, 0.717) is 44.5 Å². The van der Waals surface area contributed by atoms with Gasteiger partial charge in [0.25, 0.3) is 0 Å². The Kier molecular flexibility index (Phi) is 6.77. The van der Waals surface area contributed by atoms with Crippen molar-refractivity contribution in [1.82, 2.24) is 9.80 Å². The Bertz CT molecular complexity index is 1490. The van der Waals surface area contributed by atoms with Gasteiger partial charge in [-0.3, -0.25) is 14.5 Å². The summed E-state index contributed by atoms with van der Waals surface area (Å²) in [5.74, 6) is -0.156. The summed E-state index contributed by atoms with van der Waals surface area (Å²) in [6, 6.07) is 7.82. The molecular formula is C32H33F3N2O5. The normalized spacial score (nSPS) is 29.5. The van der Waals surface area contributed by atoms with E-state index in [1.54, 1.807) is 18.0 Å². The first kappa shape index (κ1) is 28.5. The van der Waals surface area contributed by atoms with Crippen LogP contribution in [0.1, 0.15) is 48.4 Å². The molecule has 6 rings (SSSR count). The second-order valence-corrected chi connectivity index (χ2v) is 11.7. The molecule has 42 heavy (non-hydrogen) atoms. The molecule has 2 unspecified atom stereocenters. The number of likely N-dealkylation sites (N-methyl/N-ethyl adjacent to an activating group) is 1. The van der Waals surface area contributed by atoms with Gasteiger partial charge >= 0.3 is 12.1 Å². The zero-order valence-electron chi connectivity index (χ0n) is 23.5. The van der Waals surface area contributed by atoms with E-state index in [4.69, 9.17) is 9.47 Å². The molecule has 10 heteroatoms. The van der Waals surface area contributed by atoms with E-state index in [1.165, 1.54) is 31.2 Å². The van der Waals surface area contributed by atoms with E-state index >= 15 is 0 Å². The number of piperidine rings is 1. The quantitative estimate of drug-likeness (QED) is 0.234. The fourth-order valence-corrected chi connectivity index (χ4v) is 7.88. The summed E-state index contributed by atoms with van der Waals surface area (Å²) in [6.07, 6.45) is 1.41. The van der Waals surface area contributed by atoms with Gasteiger partial charge in [0.1, 0.15) is 6.10 Å². The van der Waals surface area contributed by atoms with Gasteiger partial charge < -0.3 is 19.5 Å². The van der Waals surface area contributed by atoms with Crippen molar-refractivity contribution in [3.05, 3.63) is 77.4 Å². The van der Waals surface area contributed by atoms with Crippen molar-refractivity contribution in [2.24, 2.45) is 0 Å². The molecule has 7 nitrogen and oxygen atoms in total. The fourth-order valence-electron chi connectivity index (χ4n) is 7.88. The highest BCUT2D eigenvalue weighted by Crippen LogP contribution is 2.66. The Labute approximate surface area is 242 Å². The highest BCUT2D eigenvalue weighted by molar-refractivity contribution is 5.92. The third kappa shape index (κ3) is 4.18. The SMILES string of the molecule is C=CCN1CC[C@]23c4c5ccc(OC(C)=O)c4OC2C(N(C)C(=O)/C=C/c2cccc(C(F)(F)F)c2)CC[C@@]3(O)[C@H]1C5. The van der Waals surface area contributed by atoms with Crippen molar-refractivity contribution in [3.8, 4) is 11.5 Å². The van der Waals surface area contributed by atoms with Crippen LogP contribution in [0.4, 0.5) is 13.2 Å². The van der Waals surface area contributed by atoms with Crippen LogP contribution >= 0.6 is 0 Å². The minimum Gasteiger partial charge on any atom is -0.483 e. The van der Waals surface area contributed by atoms with Crippen LogP contribution in [0, 0.1) is 0 Å². The minimum atomic E-state index is -4.49. The molecule has 1 N–H and O–H groups in total. The molecule has 2 aliphatic carbocycles. The lowest BCUT2D eigenvalue weighted by molar-refractivity contribution is -0.198. The summed E-state index contributed by atoms with van der Waals surface area (Å²) in [5.41, 5.74) is -0.647. The number of nitrogens with zero attached hydrogens (tertiary/aromatic N) is 2. The zero-order chi connectivity index (χ0) is 30.0. The molecule has 2 aliphatic heterocycles. The van der Waals surface area contributed by atoms with Gasteiger partial charge in [0, 0.05) is 38.2 Å². The first-order chi connectivity index (χ1) is 19.9. The van der Waals surface area contributed by atoms with E-state index < -0.39 is 46.8 Å². The molecule has 1 spiro atoms. The van der Waals surface area contributed by atoms with Crippen LogP contribution in [0.2, 0.25) is 0 Å². The monoisotopic (exact) mass is 582 g/mol. The number of benzene rings is 2. The molecule has 1 amide bonds. The number of ether oxygens (including phenoxy) is 2. The van der Waals surface area contributed by atoms with Crippen molar-refractivity contribution in [2.75, 3.05) is 20.1 Å². The maximum absolute atomic E-state index is 13.4. The second-order valence-electron chi connectivity index (χ2n) is 11.7. The summed E-state index contributed by atoms with van der Waals surface area (Å²) in [4.78, 5) is 29.2. The third-order valence-electron chi connectivity index (χ3n) is 9.62. The van der Waals surface area contributed by atoms with Crippen LogP contribution in [-0.4, -0.2) is 70.7 Å². The molecule has 5 atom stereocenters. The Morgan fingerprint density at radius 3 is 2.76 bits per heavy atom. The van der Waals surface area contributed by atoms with Crippen LogP contribution in [0.5, 0.6) is 11.5 Å². The molecule has 1 saturated heterocycles. The van der Waals surface area contributed by atoms with E-state index in [1.807, 2.05) is 12.1 Å². The molecule has 2 aromatic carbocycles. The van der Waals surface area contributed by atoms with Crippen molar-refractivity contribution in [2.45, 2.75) is 68.0 Å². The highest BCUT2D eigenvalue weighted by Gasteiger charge is 2.73. The number of hydrogen-bond acceptors (Lipinski definition) is 6.